The summed E-state index contributed by atoms with van der Waals surface area (Å²) < 4.78 is 2.31. The average Bonchev–Trinajstić information content (AvgIpc) is 2.77. The maximum absolute atomic E-state index is 4.63. The van der Waals surface area contributed by atoms with Gasteiger partial charge in [0, 0.05) is 31.4 Å². The van der Waals surface area contributed by atoms with Gasteiger partial charge in [-0.15, -0.1) is 10.2 Å². The molecule has 2 aromatic rings. The van der Waals surface area contributed by atoms with Gasteiger partial charge in [0.2, 0.25) is 0 Å². The quantitative estimate of drug-likeness (QED) is 0.842. The van der Waals surface area contributed by atoms with Gasteiger partial charge in [-0.3, -0.25) is 14.8 Å². The van der Waals surface area contributed by atoms with Gasteiger partial charge < -0.3 is 4.57 Å². The molecule has 3 heterocycles. The lowest BCUT2D eigenvalue weighted by Crippen LogP contribution is -2.27. The van der Waals surface area contributed by atoms with E-state index in [1.165, 1.54) is 0 Å². The van der Waals surface area contributed by atoms with Gasteiger partial charge in [0.05, 0.1) is 18.8 Å². The molecule has 0 bridgehead atoms. The Kier molecular flexibility index (Phi) is 5.26. The van der Waals surface area contributed by atoms with Gasteiger partial charge in [0.25, 0.3) is 0 Å². The summed E-state index contributed by atoms with van der Waals surface area (Å²) >= 11 is 0. The fraction of sp³-hybridized carbons (Fsp3) is 0.611. The van der Waals surface area contributed by atoms with Crippen LogP contribution in [0.2, 0.25) is 0 Å². The van der Waals surface area contributed by atoms with E-state index in [0.29, 0.717) is 6.04 Å². The van der Waals surface area contributed by atoms with Crippen molar-refractivity contribution in [2.24, 2.45) is 0 Å². The molecule has 0 spiro atoms. The number of fused-ring (bicyclic) bond motifs is 1. The third kappa shape index (κ3) is 3.99. The number of nitrogens with zero attached hydrogens (tertiary/aromatic N) is 6. The Hall–Kier alpha value is -1.79. The molecule has 24 heavy (non-hydrogen) atoms. The number of rotatable bonds is 5. The molecule has 0 fully saturated rings. The highest BCUT2D eigenvalue weighted by Gasteiger charge is 2.20. The van der Waals surface area contributed by atoms with Crippen LogP contribution in [-0.4, -0.2) is 49.2 Å². The van der Waals surface area contributed by atoms with Crippen molar-refractivity contribution in [3.05, 3.63) is 41.2 Å². The van der Waals surface area contributed by atoms with Gasteiger partial charge in [-0.05, 0) is 46.4 Å². The number of hydrogen-bond acceptors (Lipinski definition) is 5. The van der Waals surface area contributed by atoms with Gasteiger partial charge in [-0.25, -0.2) is 0 Å². The predicted molar refractivity (Wildman–Crippen MR) is 94.3 cm³/mol. The number of aromatic nitrogens is 4. The van der Waals surface area contributed by atoms with Crippen LogP contribution in [0.25, 0.3) is 0 Å². The van der Waals surface area contributed by atoms with E-state index in [4.69, 9.17) is 0 Å². The van der Waals surface area contributed by atoms with Crippen LogP contribution < -0.4 is 0 Å². The van der Waals surface area contributed by atoms with Crippen molar-refractivity contribution in [3.8, 4) is 0 Å². The zero-order valence-electron chi connectivity index (χ0n) is 15.2. The second-order valence-corrected chi connectivity index (χ2v) is 7.03. The van der Waals surface area contributed by atoms with Gasteiger partial charge in [-0.1, -0.05) is 6.07 Å². The molecule has 0 N–H and O–H groups in total. The molecule has 1 aliphatic heterocycles. The fourth-order valence-electron chi connectivity index (χ4n) is 3.05. The summed E-state index contributed by atoms with van der Waals surface area (Å²) in [7, 11) is 2.14. The highest BCUT2D eigenvalue weighted by molar-refractivity contribution is 5.10. The standard InChI is InChI=1S/C18H28N6/c1-14(2)22(4)12-17-20-21-18-13-23(9-6-10-24(17)18)11-16-8-5-7-15(3)19-16/h5,7-8,14H,6,9-13H2,1-4H3. The monoisotopic (exact) mass is 328 g/mol. The van der Waals surface area contributed by atoms with E-state index in [0.717, 1.165) is 62.2 Å². The van der Waals surface area contributed by atoms with Crippen LogP contribution >= 0.6 is 0 Å². The van der Waals surface area contributed by atoms with Crippen molar-refractivity contribution in [2.45, 2.75) is 59.4 Å². The highest BCUT2D eigenvalue weighted by atomic mass is 15.3. The smallest absolute Gasteiger partial charge is 0.147 e. The van der Waals surface area contributed by atoms with Gasteiger partial charge in [0.1, 0.15) is 11.6 Å². The summed E-state index contributed by atoms with van der Waals surface area (Å²) in [5.41, 5.74) is 2.20. The molecule has 0 amide bonds. The van der Waals surface area contributed by atoms with Crippen molar-refractivity contribution in [3.63, 3.8) is 0 Å². The van der Waals surface area contributed by atoms with Crippen molar-refractivity contribution in [1.29, 1.82) is 0 Å². The molecule has 0 unspecified atom stereocenters. The first-order valence-corrected chi connectivity index (χ1v) is 8.79. The lowest BCUT2D eigenvalue weighted by atomic mass is 10.3. The normalized spacial score (nSPS) is 15.8. The lowest BCUT2D eigenvalue weighted by Gasteiger charge is -2.20. The molecule has 0 saturated heterocycles. The SMILES string of the molecule is Cc1cccc(CN2CCCn3c(nnc3CN(C)C(C)C)C2)n1. The lowest BCUT2D eigenvalue weighted by molar-refractivity contribution is 0.253. The topological polar surface area (TPSA) is 50.1 Å². The van der Waals surface area contributed by atoms with Gasteiger partial charge in [0.15, 0.2) is 0 Å². The van der Waals surface area contributed by atoms with Crippen molar-refractivity contribution < 1.29 is 0 Å². The summed E-state index contributed by atoms with van der Waals surface area (Å²) in [5.74, 6) is 2.16. The maximum Gasteiger partial charge on any atom is 0.147 e. The summed E-state index contributed by atoms with van der Waals surface area (Å²) in [6, 6.07) is 6.73. The van der Waals surface area contributed by atoms with Crippen molar-refractivity contribution in [2.75, 3.05) is 13.6 Å². The molecular weight excluding hydrogens is 300 g/mol. The minimum absolute atomic E-state index is 0.507. The Morgan fingerprint density at radius 1 is 1.21 bits per heavy atom. The Labute approximate surface area is 144 Å². The highest BCUT2D eigenvalue weighted by Crippen LogP contribution is 2.16. The summed E-state index contributed by atoms with van der Waals surface area (Å²) in [6.45, 7) is 11.1. The Balaban J connectivity index is 1.71. The Morgan fingerprint density at radius 3 is 2.79 bits per heavy atom. The van der Waals surface area contributed by atoms with E-state index >= 15 is 0 Å². The maximum atomic E-state index is 4.63. The van der Waals surface area contributed by atoms with E-state index in [2.05, 4.69) is 62.6 Å². The molecule has 6 heteroatoms. The molecule has 3 rings (SSSR count). The average molecular weight is 328 g/mol. The first-order chi connectivity index (χ1) is 11.5. The molecule has 0 aliphatic carbocycles. The van der Waals surface area contributed by atoms with Crippen molar-refractivity contribution in [1.82, 2.24) is 29.5 Å². The minimum atomic E-state index is 0.507. The molecular formula is C18H28N6. The molecule has 2 aromatic heterocycles. The second kappa shape index (κ2) is 7.40. The molecule has 0 radical (unpaired) electrons. The first kappa shape index (κ1) is 17.0. The molecule has 0 aromatic carbocycles. The number of pyridine rings is 1. The fourth-order valence-corrected chi connectivity index (χ4v) is 3.05. The van der Waals surface area contributed by atoms with Crippen molar-refractivity contribution >= 4 is 0 Å². The van der Waals surface area contributed by atoms with E-state index in [1.54, 1.807) is 0 Å². The number of hydrogen-bond donors (Lipinski definition) is 0. The zero-order valence-corrected chi connectivity index (χ0v) is 15.2. The van der Waals surface area contributed by atoms with Gasteiger partial charge in [-0.2, -0.15) is 0 Å². The first-order valence-electron chi connectivity index (χ1n) is 8.79. The van der Waals surface area contributed by atoms with Crippen LogP contribution in [0.1, 0.15) is 43.3 Å². The van der Waals surface area contributed by atoms with Crippen LogP contribution in [0.15, 0.2) is 18.2 Å². The summed E-state index contributed by atoms with van der Waals surface area (Å²) in [4.78, 5) is 9.35. The minimum Gasteiger partial charge on any atom is -0.313 e. The molecule has 1 aliphatic rings. The van der Waals surface area contributed by atoms with Crippen LogP contribution in [0, 0.1) is 6.92 Å². The van der Waals surface area contributed by atoms with Crippen LogP contribution in [-0.2, 0) is 26.2 Å². The number of aryl methyl sites for hydroxylation is 1. The Bertz CT molecular complexity index is 678. The molecule has 0 atom stereocenters. The second-order valence-electron chi connectivity index (χ2n) is 7.03. The van der Waals surface area contributed by atoms with Gasteiger partial charge >= 0.3 is 0 Å². The predicted octanol–water partition coefficient (Wildman–Crippen LogP) is 2.23. The third-order valence-electron chi connectivity index (χ3n) is 4.73. The zero-order chi connectivity index (χ0) is 17.1. The van der Waals surface area contributed by atoms with Crippen LogP contribution in [0.5, 0.6) is 0 Å². The molecule has 130 valence electrons. The van der Waals surface area contributed by atoms with E-state index in [1.807, 2.05) is 13.0 Å². The Morgan fingerprint density at radius 2 is 2.04 bits per heavy atom. The summed E-state index contributed by atoms with van der Waals surface area (Å²) in [5, 5.41) is 8.91. The summed E-state index contributed by atoms with van der Waals surface area (Å²) in [6.07, 6.45) is 1.12. The van der Waals surface area contributed by atoms with Crippen LogP contribution in [0.4, 0.5) is 0 Å². The van der Waals surface area contributed by atoms with Crippen LogP contribution in [0.3, 0.4) is 0 Å². The largest absolute Gasteiger partial charge is 0.313 e. The third-order valence-corrected chi connectivity index (χ3v) is 4.73. The molecule has 0 saturated carbocycles. The van der Waals surface area contributed by atoms with E-state index in [-0.39, 0.29) is 0 Å². The van der Waals surface area contributed by atoms with E-state index < -0.39 is 0 Å². The van der Waals surface area contributed by atoms with E-state index in [9.17, 15) is 0 Å². The molecule has 6 nitrogen and oxygen atoms in total.